The molecule has 1 unspecified atom stereocenters. The van der Waals surface area contributed by atoms with E-state index in [0.717, 1.165) is 11.3 Å². The van der Waals surface area contributed by atoms with Crippen LogP contribution in [0, 0.1) is 6.92 Å². The highest BCUT2D eigenvalue weighted by atomic mass is 19.3. The van der Waals surface area contributed by atoms with Gasteiger partial charge in [0.15, 0.2) is 0 Å². The van der Waals surface area contributed by atoms with E-state index in [-0.39, 0.29) is 18.6 Å². The van der Waals surface area contributed by atoms with Crippen molar-refractivity contribution in [3.8, 4) is 5.75 Å². The number of ether oxygens (including phenoxy) is 2. The van der Waals surface area contributed by atoms with Gasteiger partial charge in [0.05, 0.1) is 24.4 Å². The summed E-state index contributed by atoms with van der Waals surface area (Å²) in [6, 6.07) is 5.48. The number of oxazole rings is 1. The van der Waals surface area contributed by atoms with Gasteiger partial charge in [0, 0.05) is 31.7 Å². The Labute approximate surface area is 192 Å². The van der Waals surface area contributed by atoms with Gasteiger partial charge in [-0.1, -0.05) is 0 Å². The van der Waals surface area contributed by atoms with Crippen LogP contribution in [0.3, 0.4) is 0 Å². The quantitative estimate of drug-likeness (QED) is 0.643. The van der Waals surface area contributed by atoms with E-state index in [1.54, 1.807) is 15.9 Å². The topological polar surface area (TPSA) is 68.0 Å². The van der Waals surface area contributed by atoms with E-state index in [9.17, 15) is 13.6 Å². The van der Waals surface area contributed by atoms with Crippen LogP contribution in [0.15, 0.2) is 35.1 Å². The number of carbonyl (C=O) groups excluding carboxylic acids is 1. The van der Waals surface area contributed by atoms with Crippen molar-refractivity contribution in [2.24, 2.45) is 0 Å². The third-order valence-corrected chi connectivity index (χ3v) is 6.20. The Balaban J connectivity index is 1.44. The Morgan fingerprint density at radius 2 is 2.06 bits per heavy atom. The monoisotopic (exact) mass is 463 g/mol. The van der Waals surface area contributed by atoms with Gasteiger partial charge >= 0.3 is 0 Å². The summed E-state index contributed by atoms with van der Waals surface area (Å²) in [5.41, 5.74) is 0.907. The molecule has 1 atom stereocenters. The zero-order valence-corrected chi connectivity index (χ0v) is 19.3. The number of hydrogen-bond donors (Lipinski definition) is 0. The maximum atomic E-state index is 13.1. The average molecular weight is 464 g/mol. The number of likely N-dealkylation sites (tertiary alicyclic amines) is 1. The van der Waals surface area contributed by atoms with Gasteiger partial charge < -0.3 is 18.8 Å². The number of hydrogen-bond acceptors (Lipinski definition) is 6. The molecule has 3 heterocycles. The van der Waals surface area contributed by atoms with Crippen molar-refractivity contribution >= 4 is 5.91 Å². The van der Waals surface area contributed by atoms with Crippen molar-refractivity contribution in [1.29, 1.82) is 0 Å². The first kappa shape index (κ1) is 23.6. The van der Waals surface area contributed by atoms with E-state index < -0.39 is 18.1 Å². The van der Waals surface area contributed by atoms with Gasteiger partial charge in [0.1, 0.15) is 18.1 Å². The number of halogens is 2. The van der Waals surface area contributed by atoms with Gasteiger partial charge in [-0.05, 0) is 57.4 Å². The minimum absolute atomic E-state index is 0.0476. The van der Waals surface area contributed by atoms with E-state index in [2.05, 4.69) is 4.98 Å². The van der Waals surface area contributed by atoms with Crippen LogP contribution in [0.5, 0.6) is 5.75 Å². The van der Waals surface area contributed by atoms with Gasteiger partial charge in [0.2, 0.25) is 5.89 Å². The number of benzene rings is 1. The molecule has 0 saturated carbocycles. The predicted octanol–water partition coefficient (Wildman–Crippen LogP) is 4.08. The Kier molecular flexibility index (Phi) is 6.99. The number of carbonyl (C=O) groups is 1. The van der Waals surface area contributed by atoms with E-state index in [0.29, 0.717) is 50.5 Å². The van der Waals surface area contributed by atoms with Crippen LogP contribution < -0.4 is 4.74 Å². The Hall–Kier alpha value is -2.52. The Morgan fingerprint density at radius 1 is 1.30 bits per heavy atom. The van der Waals surface area contributed by atoms with Crippen molar-refractivity contribution in [3.63, 3.8) is 0 Å². The normalized spacial score (nSPS) is 21.2. The SMILES string of the molecule is Cc1cc(C(=O)N2CCC3(CC2)CN(CC(F)F)CC(c2ncco2)O3)ccc1OC(C)C. The number of nitrogens with zero attached hydrogens (tertiary/aromatic N) is 3. The fourth-order valence-electron chi connectivity index (χ4n) is 4.68. The molecule has 2 aromatic rings. The number of aromatic nitrogens is 1. The molecule has 33 heavy (non-hydrogen) atoms. The number of amides is 1. The third kappa shape index (κ3) is 5.52. The van der Waals surface area contributed by atoms with Crippen molar-refractivity contribution in [3.05, 3.63) is 47.7 Å². The number of morpholine rings is 1. The first-order chi connectivity index (χ1) is 15.7. The summed E-state index contributed by atoms with van der Waals surface area (Å²) in [4.78, 5) is 20.8. The van der Waals surface area contributed by atoms with Gasteiger partial charge in [-0.15, -0.1) is 0 Å². The number of aryl methyl sites for hydroxylation is 1. The van der Waals surface area contributed by atoms with Crippen LogP contribution in [0.25, 0.3) is 0 Å². The number of piperidine rings is 1. The molecular formula is C24H31F2N3O4. The zero-order valence-electron chi connectivity index (χ0n) is 19.3. The van der Waals surface area contributed by atoms with Crippen LogP contribution >= 0.6 is 0 Å². The van der Waals surface area contributed by atoms with Gasteiger partial charge in [0.25, 0.3) is 12.3 Å². The lowest BCUT2D eigenvalue weighted by Gasteiger charge is -2.49. The number of alkyl halides is 2. The summed E-state index contributed by atoms with van der Waals surface area (Å²) in [5.74, 6) is 1.12. The second kappa shape index (κ2) is 9.77. The first-order valence-corrected chi connectivity index (χ1v) is 11.4. The summed E-state index contributed by atoms with van der Waals surface area (Å²) in [6.07, 6.45) is 1.22. The molecule has 2 aliphatic heterocycles. The Morgan fingerprint density at radius 3 is 2.67 bits per heavy atom. The van der Waals surface area contributed by atoms with Crippen molar-refractivity contribution < 1.29 is 27.5 Å². The minimum atomic E-state index is -2.43. The summed E-state index contributed by atoms with van der Waals surface area (Å²) in [7, 11) is 0. The van der Waals surface area contributed by atoms with Gasteiger partial charge in [-0.25, -0.2) is 13.8 Å². The zero-order chi connectivity index (χ0) is 23.6. The summed E-state index contributed by atoms with van der Waals surface area (Å²) in [6.45, 7) is 7.21. The standard InChI is InChI=1S/C24H31F2N3O4/c1-16(2)32-19-5-4-18(12-17(19)3)23(30)29-9-6-24(7-10-29)15-28(14-21(25)26)13-20(33-24)22-27-8-11-31-22/h4-5,8,11-12,16,20-21H,6-7,9-10,13-15H2,1-3H3. The second-order valence-electron chi connectivity index (χ2n) is 9.18. The first-order valence-electron chi connectivity index (χ1n) is 11.4. The molecule has 1 aromatic heterocycles. The summed E-state index contributed by atoms with van der Waals surface area (Å²) in [5, 5.41) is 0. The molecule has 2 aliphatic rings. The molecular weight excluding hydrogens is 432 g/mol. The van der Waals surface area contributed by atoms with E-state index in [4.69, 9.17) is 13.9 Å². The fraction of sp³-hybridized carbons (Fsp3) is 0.583. The minimum Gasteiger partial charge on any atom is -0.491 e. The van der Waals surface area contributed by atoms with Crippen LogP contribution in [-0.4, -0.2) is 71.5 Å². The average Bonchev–Trinajstić information content (AvgIpc) is 3.29. The van der Waals surface area contributed by atoms with Crippen LogP contribution in [0.4, 0.5) is 8.78 Å². The summed E-state index contributed by atoms with van der Waals surface area (Å²) >= 11 is 0. The van der Waals surface area contributed by atoms with Crippen LogP contribution in [0.2, 0.25) is 0 Å². The van der Waals surface area contributed by atoms with Gasteiger partial charge in [-0.2, -0.15) is 0 Å². The van der Waals surface area contributed by atoms with Gasteiger partial charge in [-0.3, -0.25) is 9.69 Å². The lowest BCUT2D eigenvalue weighted by molar-refractivity contribution is -0.186. The predicted molar refractivity (Wildman–Crippen MR) is 118 cm³/mol. The molecule has 1 amide bonds. The third-order valence-electron chi connectivity index (χ3n) is 6.20. The largest absolute Gasteiger partial charge is 0.491 e. The lowest BCUT2D eigenvalue weighted by Crippen LogP contribution is -2.58. The molecule has 1 spiro atoms. The molecule has 2 fully saturated rings. The highest BCUT2D eigenvalue weighted by Gasteiger charge is 2.45. The molecule has 0 radical (unpaired) electrons. The highest BCUT2D eigenvalue weighted by Crippen LogP contribution is 2.38. The molecule has 4 rings (SSSR count). The molecule has 2 saturated heterocycles. The molecule has 9 heteroatoms. The fourth-order valence-corrected chi connectivity index (χ4v) is 4.68. The highest BCUT2D eigenvalue weighted by molar-refractivity contribution is 5.94. The van der Waals surface area contributed by atoms with Crippen LogP contribution in [-0.2, 0) is 4.74 Å². The second-order valence-corrected chi connectivity index (χ2v) is 9.18. The summed E-state index contributed by atoms with van der Waals surface area (Å²) < 4.78 is 43.8. The molecule has 0 N–H and O–H groups in total. The maximum absolute atomic E-state index is 13.1. The lowest BCUT2D eigenvalue weighted by atomic mass is 9.88. The van der Waals surface area contributed by atoms with Crippen molar-refractivity contribution in [1.82, 2.24) is 14.8 Å². The number of rotatable bonds is 6. The van der Waals surface area contributed by atoms with Crippen molar-refractivity contribution in [2.45, 2.75) is 57.8 Å². The van der Waals surface area contributed by atoms with Crippen LogP contribution in [0.1, 0.15) is 54.6 Å². The van der Waals surface area contributed by atoms with Crippen molar-refractivity contribution in [2.75, 3.05) is 32.7 Å². The molecule has 0 bridgehead atoms. The van der Waals surface area contributed by atoms with E-state index in [1.807, 2.05) is 32.9 Å². The molecule has 1 aromatic carbocycles. The Bertz CT molecular complexity index is 943. The molecule has 7 nitrogen and oxygen atoms in total. The van der Waals surface area contributed by atoms with E-state index >= 15 is 0 Å². The van der Waals surface area contributed by atoms with E-state index in [1.165, 1.54) is 12.5 Å². The molecule has 0 aliphatic carbocycles. The molecule has 180 valence electrons. The smallest absolute Gasteiger partial charge is 0.253 e. The maximum Gasteiger partial charge on any atom is 0.253 e.